The standard InChI is InChI=1S/C26H40F3N3O3S/c1-24(2,3)13-22(30-16-25(4,5)6)23(33)31-21-12-7-17-14-32(15-20(17)21)36(34,35)19-10-8-18(9-11-19)26(27,28)29/h8-11,17,20-22,30H,7,12-16H2,1-6H3,(H,31,33)/t17-,20+,21+,22+/m1/s1. The first-order valence-corrected chi connectivity index (χ1v) is 14.0. The number of halogens is 3. The van der Waals surface area contributed by atoms with Crippen LogP contribution in [0, 0.1) is 22.7 Å². The molecule has 0 bridgehead atoms. The number of nitrogens with zero attached hydrogens (tertiary/aromatic N) is 1. The van der Waals surface area contributed by atoms with Gasteiger partial charge < -0.3 is 10.6 Å². The van der Waals surface area contributed by atoms with Crippen molar-refractivity contribution >= 4 is 15.9 Å². The molecular weight excluding hydrogens is 491 g/mol. The highest BCUT2D eigenvalue weighted by Gasteiger charge is 2.47. The van der Waals surface area contributed by atoms with Crippen LogP contribution >= 0.6 is 0 Å². The molecule has 0 radical (unpaired) electrons. The van der Waals surface area contributed by atoms with E-state index in [-0.39, 0.29) is 52.1 Å². The van der Waals surface area contributed by atoms with Crippen molar-refractivity contribution in [1.29, 1.82) is 0 Å². The maximum absolute atomic E-state index is 13.3. The van der Waals surface area contributed by atoms with Gasteiger partial charge in [-0.1, -0.05) is 41.5 Å². The van der Waals surface area contributed by atoms with E-state index in [0.717, 1.165) is 37.1 Å². The summed E-state index contributed by atoms with van der Waals surface area (Å²) in [5.41, 5.74) is -0.911. The molecule has 1 saturated carbocycles. The van der Waals surface area contributed by atoms with Crippen molar-refractivity contribution in [3.63, 3.8) is 0 Å². The first-order valence-electron chi connectivity index (χ1n) is 12.6. The summed E-state index contributed by atoms with van der Waals surface area (Å²) in [6, 6.07) is 3.15. The zero-order chi connectivity index (χ0) is 27.1. The second-order valence-corrected chi connectivity index (χ2v) is 14.7. The Morgan fingerprint density at radius 2 is 1.61 bits per heavy atom. The number of benzene rings is 1. The highest BCUT2D eigenvalue weighted by Crippen LogP contribution is 2.40. The van der Waals surface area contributed by atoms with Crippen LogP contribution in [-0.4, -0.2) is 50.3 Å². The Morgan fingerprint density at radius 3 is 2.14 bits per heavy atom. The summed E-state index contributed by atoms with van der Waals surface area (Å²) >= 11 is 0. The molecule has 36 heavy (non-hydrogen) atoms. The van der Waals surface area contributed by atoms with Gasteiger partial charge >= 0.3 is 6.18 Å². The monoisotopic (exact) mass is 531 g/mol. The van der Waals surface area contributed by atoms with Crippen molar-refractivity contribution in [3.8, 4) is 0 Å². The molecule has 0 aromatic heterocycles. The van der Waals surface area contributed by atoms with Crippen LogP contribution in [0.15, 0.2) is 29.2 Å². The molecule has 2 fully saturated rings. The van der Waals surface area contributed by atoms with Gasteiger partial charge in [-0.05, 0) is 66.2 Å². The first kappa shape index (κ1) is 28.9. The van der Waals surface area contributed by atoms with Crippen molar-refractivity contribution in [3.05, 3.63) is 29.8 Å². The number of hydrogen-bond donors (Lipinski definition) is 2. The van der Waals surface area contributed by atoms with E-state index in [2.05, 4.69) is 52.2 Å². The van der Waals surface area contributed by atoms with Gasteiger partial charge in [-0.25, -0.2) is 8.42 Å². The van der Waals surface area contributed by atoms with E-state index in [9.17, 15) is 26.4 Å². The van der Waals surface area contributed by atoms with Gasteiger partial charge in [0.25, 0.3) is 0 Å². The van der Waals surface area contributed by atoms with Gasteiger partial charge in [0, 0.05) is 25.7 Å². The molecule has 1 aliphatic carbocycles. The largest absolute Gasteiger partial charge is 0.416 e. The van der Waals surface area contributed by atoms with E-state index in [0.29, 0.717) is 19.5 Å². The van der Waals surface area contributed by atoms with Crippen LogP contribution in [0.1, 0.15) is 66.4 Å². The number of alkyl halides is 3. The van der Waals surface area contributed by atoms with Gasteiger partial charge in [-0.2, -0.15) is 17.5 Å². The van der Waals surface area contributed by atoms with Gasteiger partial charge in [0.05, 0.1) is 16.5 Å². The Morgan fingerprint density at radius 1 is 1.00 bits per heavy atom. The van der Waals surface area contributed by atoms with Crippen molar-refractivity contribution in [2.45, 2.75) is 84.0 Å². The average molecular weight is 532 g/mol. The van der Waals surface area contributed by atoms with Crippen LogP contribution < -0.4 is 10.6 Å². The minimum atomic E-state index is -4.52. The zero-order valence-electron chi connectivity index (χ0n) is 22.1. The lowest BCUT2D eigenvalue weighted by atomic mass is 9.86. The topological polar surface area (TPSA) is 78.5 Å². The molecule has 2 N–H and O–H groups in total. The van der Waals surface area contributed by atoms with Crippen LogP contribution in [0.2, 0.25) is 0 Å². The number of amides is 1. The Balaban J connectivity index is 1.68. The Labute approximate surface area is 213 Å². The number of nitrogens with one attached hydrogen (secondary N) is 2. The predicted octanol–water partition coefficient (Wildman–Crippen LogP) is 4.66. The molecule has 1 saturated heterocycles. The molecule has 4 atom stereocenters. The number of rotatable bonds is 7. The second-order valence-electron chi connectivity index (χ2n) is 12.7. The second kappa shape index (κ2) is 10.3. The lowest BCUT2D eigenvalue weighted by molar-refractivity contribution is -0.137. The van der Waals surface area contributed by atoms with Crippen molar-refractivity contribution in [2.75, 3.05) is 19.6 Å². The third kappa shape index (κ3) is 7.22. The van der Waals surface area contributed by atoms with Crippen LogP contribution in [0.5, 0.6) is 0 Å². The Hall–Kier alpha value is -1.65. The summed E-state index contributed by atoms with van der Waals surface area (Å²) in [6.45, 7) is 13.9. The predicted molar refractivity (Wildman–Crippen MR) is 134 cm³/mol. The SMILES string of the molecule is CC(C)(C)CN[C@@H](CC(C)(C)C)C(=O)N[C@H]1CC[C@@H]2CN(S(=O)(=O)c3ccc(C(F)(F)F)cc3)C[C@@H]21. The lowest BCUT2D eigenvalue weighted by Gasteiger charge is -2.31. The van der Waals surface area contributed by atoms with Crippen LogP contribution in [0.3, 0.4) is 0 Å². The minimum Gasteiger partial charge on any atom is -0.352 e. The van der Waals surface area contributed by atoms with Crippen LogP contribution in [-0.2, 0) is 21.0 Å². The van der Waals surface area contributed by atoms with Gasteiger partial charge in [0.2, 0.25) is 15.9 Å². The third-order valence-electron chi connectivity index (χ3n) is 6.98. The molecule has 0 unspecified atom stereocenters. The summed E-state index contributed by atoms with van der Waals surface area (Å²) in [6.07, 6.45) is -2.26. The molecule has 1 aromatic rings. The van der Waals surface area contributed by atoms with E-state index in [1.807, 2.05) is 0 Å². The number of fused-ring (bicyclic) bond motifs is 1. The van der Waals surface area contributed by atoms with Crippen molar-refractivity contribution < 1.29 is 26.4 Å². The maximum atomic E-state index is 13.3. The Bertz CT molecular complexity index is 1030. The average Bonchev–Trinajstić information content (AvgIpc) is 3.31. The number of sulfonamides is 1. The van der Waals surface area contributed by atoms with E-state index >= 15 is 0 Å². The lowest BCUT2D eigenvalue weighted by Crippen LogP contribution is -2.52. The highest BCUT2D eigenvalue weighted by atomic mass is 32.2. The molecule has 1 aliphatic heterocycles. The summed E-state index contributed by atoms with van der Waals surface area (Å²) in [4.78, 5) is 13.2. The summed E-state index contributed by atoms with van der Waals surface area (Å²) in [5, 5.41) is 6.62. The smallest absolute Gasteiger partial charge is 0.352 e. The molecule has 3 rings (SSSR count). The molecule has 2 aliphatic rings. The van der Waals surface area contributed by atoms with Crippen molar-refractivity contribution in [2.24, 2.45) is 22.7 Å². The molecule has 204 valence electrons. The fraction of sp³-hybridized carbons (Fsp3) is 0.731. The van der Waals surface area contributed by atoms with Gasteiger partial charge in [0.1, 0.15) is 0 Å². The molecule has 1 amide bonds. The molecule has 0 spiro atoms. The zero-order valence-corrected chi connectivity index (χ0v) is 22.9. The molecular formula is C26H40F3N3O3S. The van der Waals surface area contributed by atoms with Gasteiger partial charge in [0.15, 0.2) is 0 Å². The fourth-order valence-corrected chi connectivity index (χ4v) is 6.68. The van der Waals surface area contributed by atoms with Crippen molar-refractivity contribution in [1.82, 2.24) is 14.9 Å². The maximum Gasteiger partial charge on any atom is 0.416 e. The van der Waals surface area contributed by atoms with E-state index in [1.165, 1.54) is 4.31 Å². The van der Waals surface area contributed by atoms with E-state index < -0.39 is 21.8 Å². The van der Waals surface area contributed by atoms with Crippen LogP contribution in [0.25, 0.3) is 0 Å². The number of carbonyl (C=O) groups is 1. The molecule has 6 nitrogen and oxygen atoms in total. The minimum absolute atomic E-state index is 0.0175. The highest BCUT2D eigenvalue weighted by molar-refractivity contribution is 7.89. The van der Waals surface area contributed by atoms with E-state index in [1.54, 1.807) is 0 Å². The summed E-state index contributed by atoms with van der Waals surface area (Å²) < 4.78 is 66.3. The Kier molecular flexibility index (Phi) is 8.23. The first-order chi connectivity index (χ1) is 16.4. The third-order valence-corrected chi connectivity index (χ3v) is 8.83. The van der Waals surface area contributed by atoms with Gasteiger partial charge in [-0.3, -0.25) is 4.79 Å². The number of carbonyl (C=O) groups excluding carboxylic acids is 1. The normalized spacial score (nSPS) is 24.5. The molecule has 10 heteroatoms. The molecule has 1 aromatic carbocycles. The fourth-order valence-electron chi connectivity index (χ4n) is 5.15. The van der Waals surface area contributed by atoms with E-state index in [4.69, 9.17) is 0 Å². The molecule has 1 heterocycles. The number of hydrogen-bond acceptors (Lipinski definition) is 4. The van der Waals surface area contributed by atoms with Crippen LogP contribution in [0.4, 0.5) is 13.2 Å². The summed E-state index contributed by atoms with van der Waals surface area (Å²) in [7, 11) is -3.92. The summed E-state index contributed by atoms with van der Waals surface area (Å²) in [5.74, 6) is 0.0306. The van der Waals surface area contributed by atoms with Gasteiger partial charge in [-0.15, -0.1) is 0 Å². The quantitative estimate of drug-likeness (QED) is 0.537.